The van der Waals surface area contributed by atoms with E-state index in [1.807, 2.05) is 59.5 Å². The number of nitrogens with zero attached hydrogens (tertiary/aromatic N) is 2. The highest BCUT2D eigenvalue weighted by molar-refractivity contribution is 5.95. The van der Waals surface area contributed by atoms with Gasteiger partial charge in [-0.2, -0.15) is 0 Å². The summed E-state index contributed by atoms with van der Waals surface area (Å²) in [5.41, 5.74) is 4.20. The van der Waals surface area contributed by atoms with Crippen LogP contribution < -0.4 is 4.90 Å². The Morgan fingerprint density at radius 3 is 2.26 bits per heavy atom. The van der Waals surface area contributed by atoms with Crippen molar-refractivity contribution in [1.29, 1.82) is 0 Å². The van der Waals surface area contributed by atoms with Gasteiger partial charge in [0.25, 0.3) is 0 Å². The largest absolute Gasteiger partial charge is 0.308 e. The number of fused-ring (bicyclic) bond motifs is 2. The van der Waals surface area contributed by atoms with Crippen LogP contribution in [0.15, 0.2) is 84.9 Å². The molecule has 1 aliphatic heterocycles. The zero-order chi connectivity index (χ0) is 23.5. The number of rotatable bonds is 6. The molecule has 4 heteroatoms. The highest BCUT2D eigenvalue weighted by atomic mass is 16.2. The number of ketones is 1. The molecule has 3 aromatic rings. The molecule has 0 spiro atoms. The van der Waals surface area contributed by atoms with Crippen LogP contribution >= 0.6 is 0 Å². The maximum atomic E-state index is 13.6. The molecule has 2 bridgehead atoms. The average molecular weight is 453 g/mol. The predicted molar refractivity (Wildman–Crippen MR) is 135 cm³/mol. The third-order valence-corrected chi connectivity index (χ3v) is 7.44. The molecule has 1 heterocycles. The van der Waals surface area contributed by atoms with Crippen molar-refractivity contribution in [2.45, 2.75) is 51.2 Å². The lowest BCUT2D eigenvalue weighted by molar-refractivity contribution is -0.128. The van der Waals surface area contributed by atoms with E-state index in [0.717, 1.165) is 42.7 Å². The Kier molecular flexibility index (Phi) is 6.59. The fourth-order valence-electron chi connectivity index (χ4n) is 5.80. The number of carbonyl (C=O) groups is 2. The Hall–Kier alpha value is -3.24. The van der Waals surface area contributed by atoms with E-state index in [-0.39, 0.29) is 17.9 Å². The normalized spacial score (nSPS) is 22.4. The molecule has 0 aromatic heterocycles. The number of likely N-dealkylation sites (tertiary alicyclic amines) is 1. The van der Waals surface area contributed by atoms with Gasteiger partial charge in [0.05, 0.1) is 12.5 Å². The summed E-state index contributed by atoms with van der Waals surface area (Å²) >= 11 is 0. The van der Waals surface area contributed by atoms with E-state index in [4.69, 9.17) is 0 Å². The first kappa shape index (κ1) is 22.5. The predicted octanol–water partition coefficient (Wildman–Crippen LogP) is 5.58. The molecule has 2 aliphatic rings. The number of amides is 1. The summed E-state index contributed by atoms with van der Waals surface area (Å²) in [6.45, 7) is 3.97. The first-order valence-corrected chi connectivity index (χ1v) is 12.3. The Balaban J connectivity index is 1.50. The lowest BCUT2D eigenvalue weighted by Gasteiger charge is -2.47. The van der Waals surface area contributed by atoms with Crippen molar-refractivity contribution in [2.75, 3.05) is 11.4 Å². The number of hydrogen-bond donors (Lipinski definition) is 0. The summed E-state index contributed by atoms with van der Waals surface area (Å²) in [5, 5.41) is 0. The van der Waals surface area contributed by atoms with Crippen LogP contribution in [0.5, 0.6) is 0 Å². The van der Waals surface area contributed by atoms with E-state index in [1.54, 1.807) is 6.92 Å². The van der Waals surface area contributed by atoms with Crippen LogP contribution in [0.3, 0.4) is 0 Å². The number of anilines is 1. The second-order valence-electron chi connectivity index (χ2n) is 9.71. The van der Waals surface area contributed by atoms with Gasteiger partial charge in [-0.15, -0.1) is 0 Å². The summed E-state index contributed by atoms with van der Waals surface area (Å²) in [7, 11) is 0. The van der Waals surface area contributed by atoms with Gasteiger partial charge in [-0.05, 0) is 48.1 Å². The third kappa shape index (κ3) is 4.69. The van der Waals surface area contributed by atoms with Crippen LogP contribution in [0.4, 0.5) is 5.69 Å². The van der Waals surface area contributed by atoms with Crippen molar-refractivity contribution in [3.8, 4) is 0 Å². The van der Waals surface area contributed by atoms with Gasteiger partial charge in [0, 0.05) is 31.6 Å². The maximum absolute atomic E-state index is 13.6. The van der Waals surface area contributed by atoms with Crippen LogP contribution in [0.25, 0.3) is 0 Å². The van der Waals surface area contributed by atoms with Crippen molar-refractivity contribution in [3.05, 3.63) is 102 Å². The van der Waals surface area contributed by atoms with Crippen molar-refractivity contribution in [1.82, 2.24) is 4.90 Å². The summed E-state index contributed by atoms with van der Waals surface area (Å²) in [4.78, 5) is 30.7. The molecular weight excluding hydrogens is 420 g/mol. The highest BCUT2D eigenvalue weighted by Gasteiger charge is 2.44. The Morgan fingerprint density at radius 2 is 1.56 bits per heavy atom. The van der Waals surface area contributed by atoms with E-state index < -0.39 is 0 Å². The molecule has 1 saturated heterocycles. The van der Waals surface area contributed by atoms with Gasteiger partial charge in [0.15, 0.2) is 0 Å². The lowest BCUT2D eigenvalue weighted by atomic mass is 9.70. The summed E-state index contributed by atoms with van der Waals surface area (Å²) in [5.74, 6) is 0.562. The number of hydrogen-bond acceptors (Lipinski definition) is 3. The highest BCUT2D eigenvalue weighted by Crippen LogP contribution is 2.44. The van der Waals surface area contributed by atoms with Gasteiger partial charge in [-0.3, -0.25) is 14.5 Å². The van der Waals surface area contributed by atoms with Crippen molar-refractivity contribution < 1.29 is 9.59 Å². The SMILES string of the molecule is CC(=O)N(Cc1ccccc1)c1ccccc1[C@@H]1C(=O)C[C@@H]2CCN(Cc3ccccc3)[C@H]1C2. The number of Topliss-reactive ketones (excluding diaryl/α,β-unsaturated/α-hetero) is 1. The van der Waals surface area contributed by atoms with Gasteiger partial charge in [-0.1, -0.05) is 78.9 Å². The van der Waals surface area contributed by atoms with Crippen LogP contribution in [0, 0.1) is 5.92 Å². The molecule has 4 nitrogen and oxygen atoms in total. The molecule has 3 aromatic carbocycles. The van der Waals surface area contributed by atoms with Gasteiger partial charge < -0.3 is 4.90 Å². The van der Waals surface area contributed by atoms with Crippen LogP contribution in [0.1, 0.15) is 48.8 Å². The van der Waals surface area contributed by atoms with Gasteiger partial charge >= 0.3 is 0 Å². The van der Waals surface area contributed by atoms with E-state index in [1.165, 1.54) is 5.56 Å². The molecule has 174 valence electrons. The van der Waals surface area contributed by atoms with Crippen molar-refractivity contribution in [2.24, 2.45) is 5.92 Å². The molecule has 3 atom stereocenters. The zero-order valence-electron chi connectivity index (χ0n) is 19.8. The Labute approximate surface area is 202 Å². The second-order valence-corrected chi connectivity index (χ2v) is 9.71. The third-order valence-electron chi connectivity index (χ3n) is 7.44. The van der Waals surface area contributed by atoms with Crippen LogP contribution in [-0.2, 0) is 22.7 Å². The summed E-state index contributed by atoms with van der Waals surface area (Å²) in [6.07, 6.45) is 2.76. The smallest absolute Gasteiger partial charge is 0.224 e. The molecule has 0 unspecified atom stereocenters. The van der Waals surface area contributed by atoms with Crippen LogP contribution in [0.2, 0.25) is 0 Å². The van der Waals surface area contributed by atoms with E-state index in [0.29, 0.717) is 24.7 Å². The minimum absolute atomic E-state index is 0.0118. The monoisotopic (exact) mass is 452 g/mol. The first-order chi connectivity index (χ1) is 16.6. The topological polar surface area (TPSA) is 40.6 Å². The molecule has 0 radical (unpaired) electrons. The molecule has 1 saturated carbocycles. The quantitative estimate of drug-likeness (QED) is 0.490. The second kappa shape index (κ2) is 9.94. The van der Waals surface area contributed by atoms with E-state index in [9.17, 15) is 9.59 Å². The van der Waals surface area contributed by atoms with E-state index >= 15 is 0 Å². The number of carbonyl (C=O) groups excluding carboxylic acids is 2. The van der Waals surface area contributed by atoms with Crippen molar-refractivity contribution in [3.63, 3.8) is 0 Å². The number of benzene rings is 3. The fourth-order valence-corrected chi connectivity index (χ4v) is 5.80. The van der Waals surface area contributed by atoms with Crippen molar-refractivity contribution >= 4 is 17.4 Å². The number of piperidine rings is 1. The molecule has 1 aliphatic carbocycles. The standard InChI is InChI=1S/C30H32N2O2/c1-22(33)32(21-24-12-6-3-7-13-24)27-15-9-8-14-26(27)30-28-18-25(19-29(30)34)16-17-31(28)20-23-10-4-2-5-11-23/h2-15,25,28,30H,16-21H2,1H3/t25-,28+,30+/m1/s1. The van der Waals surface area contributed by atoms with Crippen LogP contribution in [-0.4, -0.2) is 29.2 Å². The lowest BCUT2D eigenvalue weighted by Crippen LogP contribution is -2.51. The molecule has 0 N–H and O–H groups in total. The van der Waals surface area contributed by atoms with Gasteiger partial charge in [0.1, 0.15) is 5.78 Å². The zero-order valence-corrected chi connectivity index (χ0v) is 19.8. The molecule has 1 amide bonds. The number of para-hydroxylation sites is 1. The maximum Gasteiger partial charge on any atom is 0.224 e. The summed E-state index contributed by atoms with van der Waals surface area (Å²) < 4.78 is 0. The van der Waals surface area contributed by atoms with E-state index in [2.05, 4.69) is 35.2 Å². The Bertz CT molecular complexity index is 1140. The first-order valence-electron chi connectivity index (χ1n) is 12.3. The fraction of sp³-hybridized carbons (Fsp3) is 0.333. The molecule has 5 rings (SSSR count). The summed E-state index contributed by atoms with van der Waals surface area (Å²) in [6, 6.07) is 28.8. The molecule has 2 fully saturated rings. The minimum atomic E-state index is -0.214. The van der Waals surface area contributed by atoms with Gasteiger partial charge in [0.2, 0.25) is 5.91 Å². The molecular formula is C30H32N2O2. The average Bonchev–Trinajstić information content (AvgIpc) is 2.86. The minimum Gasteiger partial charge on any atom is -0.308 e. The molecule has 34 heavy (non-hydrogen) atoms. The van der Waals surface area contributed by atoms with Gasteiger partial charge in [-0.25, -0.2) is 0 Å². The Morgan fingerprint density at radius 1 is 0.912 bits per heavy atom.